The number of imide groups is 1. The molecular weight excluding hydrogens is 364 g/mol. The molecule has 1 atom stereocenters. The smallest absolute Gasteiger partial charge is 0.289 e. The Bertz CT molecular complexity index is 881. The van der Waals surface area contributed by atoms with Crippen molar-refractivity contribution in [1.29, 1.82) is 0 Å². The first kappa shape index (κ1) is 18.8. The van der Waals surface area contributed by atoms with Gasteiger partial charge in [-0.05, 0) is 19.1 Å². The number of hydrogen-bond donors (Lipinski definition) is 1. The van der Waals surface area contributed by atoms with Gasteiger partial charge < -0.3 is 5.32 Å². The highest BCUT2D eigenvalue weighted by molar-refractivity contribution is 8.15. The van der Waals surface area contributed by atoms with Crippen LogP contribution in [0.25, 0.3) is 0 Å². The third kappa shape index (κ3) is 4.62. The predicted molar refractivity (Wildman–Crippen MR) is 104 cm³/mol. The van der Waals surface area contributed by atoms with E-state index in [2.05, 4.69) is 5.32 Å². The Labute approximate surface area is 160 Å². The molecular formula is C20H18N2O4S. The normalized spacial score (nSPS) is 16.5. The van der Waals surface area contributed by atoms with E-state index in [0.717, 1.165) is 22.2 Å². The molecule has 0 unspecified atom stereocenters. The molecule has 2 aromatic rings. The Morgan fingerprint density at radius 2 is 1.70 bits per heavy atom. The highest BCUT2D eigenvalue weighted by Gasteiger charge is 2.41. The van der Waals surface area contributed by atoms with Crippen molar-refractivity contribution < 1.29 is 19.2 Å². The van der Waals surface area contributed by atoms with Crippen LogP contribution in [0.5, 0.6) is 0 Å². The number of nitrogens with zero attached hydrogens (tertiary/aromatic N) is 1. The molecule has 0 spiro atoms. The molecule has 1 heterocycles. The van der Waals surface area contributed by atoms with E-state index in [9.17, 15) is 19.2 Å². The topological polar surface area (TPSA) is 83.6 Å². The van der Waals surface area contributed by atoms with E-state index in [1.54, 1.807) is 42.5 Å². The molecule has 1 N–H and O–H groups in total. The first-order valence-electron chi connectivity index (χ1n) is 8.41. The number of nitrogens with one attached hydrogen (secondary N) is 1. The van der Waals surface area contributed by atoms with Crippen molar-refractivity contribution in [3.8, 4) is 0 Å². The number of hydrogen-bond acceptors (Lipinski definition) is 5. The number of ketones is 1. The highest BCUT2D eigenvalue weighted by Crippen LogP contribution is 2.29. The van der Waals surface area contributed by atoms with E-state index < -0.39 is 16.4 Å². The maximum Gasteiger partial charge on any atom is 0.289 e. The van der Waals surface area contributed by atoms with Gasteiger partial charge >= 0.3 is 0 Å². The number of thioether (sulfide) groups is 1. The van der Waals surface area contributed by atoms with Crippen LogP contribution in [0.3, 0.4) is 0 Å². The summed E-state index contributed by atoms with van der Waals surface area (Å²) in [6.07, 6.45) is -0.126. The fourth-order valence-electron chi connectivity index (χ4n) is 2.65. The zero-order chi connectivity index (χ0) is 19.4. The van der Waals surface area contributed by atoms with Gasteiger partial charge in [0.2, 0.25) is 11.8 Å². The lowest BCUT2D eigenvalue weighted by molar-refractivity contribution is -0.128. The van der Waals surface area contributed by atoms with E-state index in [1.807, 2.05) is 19.1 Å². The molecule has 1 aliphatic rings. The molecule has 7 heteroatoms. The van der Waals surface area contributed by atoms with Crippen LogP contribution in [0.1, 0.15) is 22.3 Å². The molecule has 27 heavy (non-hydrogen) atoms. The maximum absolute atomic E-state index is 12.5. The molecule has 6 nitrogen and oxygen atoms in total. The Kier molecular flexibility index (Phi) is 5.71. The summed E-state index contributed by atoms with van der Waals surface area (Å²) in [7, 11) is 0. The van der Waals surface area contributed by atoms with Crippen molar-refractivity contribution >= 4 is 40.3 Å². The third-order valence-corrected chi connectivity index (χ3v) is 5.18. The van der Waals surface area contributed by atoms with E-state index >= 15 is 0 Å². The van der Waals surface area contributed by atoms with Gasteiger partial charge in [-0.2, -0.15) is 0 Å². The van der Waals surface area contributed by atoms with Crippen molar-refractivity contribution in [2.24, 2.45) is 0 Å². The molecule has 0 aromatic heterocycles. The quantitative estimate of drug-likeness (QED) is 0.775. The number of carbonyl (C=O) groups is 4. The van der Waals surface area contributed by atoms with Gasteiger partial charge in [0.15, 0.2) is 5.78 Å². The van der Waals surface area contributed by atoms with Gasteiger partial charge in [-0.3, -0.25) is 24.1 Å². The van der Waals surface area contributed by atoms with Crippen molar-refractivity contribution in [2.75, 3.05) is 11.9 Å². The first-order chi connectivity index (χ1) is 12.9. The van der Waals surface area contributed by atoms with Crippen LogP contribution in [-0.4, -0.2) is 39.5 Å². The SMILES string of the molecule is Cc1ccc(NC(=O)C[C@@H]2SC(=O)N(CC(=O)c3ccccc3)C2=O)cc1. The van der Waals surface area contributed by atoms with Gasteiger partial charge in [0.25, 0.3) is 5.24 Å². The van der Waals surface area contributed by atoms with E-state index in [1.165, 1.54) is 0 Å². The summed E-state index contributed by atoms with van der Waals surface area (Å²) in [4.78, 5) is 49.9. The summed E-state index contributed by atoms with van der Waals surface area (Å²) in [5.41, 5.74) is 2.13. The summed E-state index contributed by atoms with van der Waals surface area (Å²) >= 11 is 0.785. The Balaban J connectivity index is 1.59. The molecule has 0 radical (unpaired) electrons. The molecule has 1 fully saturated rings. The standard InChI is InChI=1S/C20H18N2O4S/c1-13-7-9-15(10-8-13)21-18(24)11-17-19(25)22(20(26)27-17)12-16(23)14-5-3-2-4-6-14/h2-10,17H,11-12H2,1H3,(H,21,24)/t17-/m0/s1. The summed E-state index contributed by atoms with van der Waals surface area (Å²) < 4.78 is 0. The van der Waals surface area contributed by atoms with Crippen LogP contribution in [0.4, 0.5) is 10.5 Å². The second-order valence-corrected chi connectivity index (χ2v) is 7.36. The Morgan fingerprint density at radius 1 is 1.04 bits per heavy atom. The molecule has 0 bridgehead atoms. The monoisotopic (exact) mass is 382 g/mol. The zero-order valence-electron chi connectivity index (χ0n) is 14.7. The average molecular weight is 382 g/mol. The van der Waals surface area contributed by atoms with Gasteiger partial charge in [0, 0.05) is 17.7 Å². The molecule has 138 valence electrons. The second-order valence-electron chi connectivity index (χ2n) is 6.20. The molecule has 1 aliphatic heterocycles. The predicted octanol–water partition coefficient (Wildman–Crippen LogP) is 3.27. The van der Waals surface area contributed by atoms with Crippen LogP contribution in [0, 0.1) is 6.92 Å². The van der Waals surface area contributed by atoms with Crippen LogP contribution < -0.4 is 5.32 Å². The summed E-state index contributed by atoms with van der Waals surface area (Å²) in [5, 5.41) is 1.40. The van der Waals surface area contributed by atoms with E-state index in [4.69, 9.17) is 0 Å². The van der Waals surface area contributed by atoms with Gasteiger partial charge in [-0.15, -0.1) is 0 Å². The van der Waals surface area contributed by atoms with E-state index in [0.29, 0.717) is 11.3 Å². The van der Waals surface area contributed by atoms with Crippen molar-refractivity contribution in [2.45, 2.75) is 18.6 Å². The highest BCUT2D eigenvalue weighted by atomic mass is 32.2. The minimum Gasteiger partial charge on any atom is -0.326 e. The van der Waals surface area contributed by atoms with Crippen LogP contribution in [-0.2, 0) is 9.59 Å². The first-order valence-corrected chi connectivity index (χ1v) is 9.29. The molecule has 3 amide bonds. The number of benzene rings is 2. The number of aryl methyl sites for hydroxylation is 1. The number of anilines is 1. The summed E-state index contributed by atoms with van der Waals surface area (Å²) in [5.74, 6) is -1.18. The zero-order valence-corrected chi connectivity index (χ0v) is 15.5. The third-order valence-electron chi connectivity index (χ3n) is 4.11. The maximum atomic E-state index is 12.5. The Hall–Kier alpha value is -2.93. The van der Waals surface area contributed by atoms with Crippen molar-refractivity contribution in [1.82, 2.24) is 4.90 Å². The molecule has 1 saturated heterocycles. The number of amides is 3. The number of rotatable bonds is 6. The molecule has 2 aromatic carbocycles. The number of Topliss-reactive ketones (excluding diaryl/α,β-unsaturated/α-hetero) is 1. The van der Waals surface area contributed by atoms with Crippen LogP contribution in [0.2, 0.25) is 0 Å². The van der Waals surface area contributed by atoms with Crippen LogP contribution >= 0.6 is 11.8 Å². The summed E-state index contributed by atoms with van der Waals surface area (Å²) in [6, 6.07) is 15.7. The molecule has 0 aliphatic carbocycles. The van der Waals surface area contributed by atoms with E-state index in [-0.39, 0.29) is 24.7 Å². The molecule has 0 saturated carbocycles. The number of carbonyl (C=O) groups excluding carboxylic acids is 4. The van der Waals surface area contributed by atoms with Gasteiger partial charge in [0.1, 0.15) is 5.25 Å². The van der Waals surface area contributed by atoms with Crippen LogP contribution in [0.15, 0.2) is 54.6 Å². The second kappa shape index (κ2) is 8.18. The minimum atomic E-state index is -0.813. The van der Waals surface area contributed by atoms with Gasteiger partial charge in [0.05, 0.1) is 6.54 Å². The summed E-state index contributed by atoms with van der Waals surface area (Å²) in [6.45, 7) is 1.63. The average Bonchev–Trinajstić information content (AvgIpc) is 2.91. The van der Waals surface area contributed by atoms with Gasteiger partial charge in [-0.25, -0.2) is 0 Å². The fraction of sp³-hybridized carbons (Fsp3) is 0.200. The molecule has 3 rings (SSSR count). The lowest BCUT2D eigenvalue weighted by atomic mass is 10.1. The van der Waals surface area contributed by atoms with Crippen molar-refractivity contribution in [3.05, 3.63) is 65.7 Å². The lowest BCUT2D eigenvalue weighted by Gasteiger charge is -2.13. The minimum absolute atomic E-state index is 0.126. The van der Waals surface area contributed by atoms with Crippen molar-refractivity contribution in [3.63, 3.8) is 0 Å². The Morgan fingerprint density at radius 3 is 2.37 bits per heavy atom. The largest absolute Gasteiger partial charge is 0.326 e. The fourth-order valence-corrected chi connectivity index (χ4v) is 3.64. The van der Waals surface area contributed by atoms with Gasteiger partial charge in [-0.1, -0.05) is 59.8 Å². The lowest BCUT2D eigenvalue weighted by Crippen LogP contribution is -2.36.